The molecule has 0 radical (unpaired) electrons. The van der Waals surface area contributed by atoms with Crippen molar-refractivity contribution in [2.45, 2.75) is 18.3 Å². The molecule has 0 amide bonds. The largest absolute Gasteiger partial charge is 0.497 e. The van der Waals surface area contributed by atoms with E-state index in [1.54, 1.807) is 19.2 Å². The molecule has 3 aromatic rings. The maximum atomic E-state index is 13.4. The molecule has 1 aliphatic carbocycles. The van der Waals surface area contributed by atoms with Crippen molar-refractivity contribution in [1.82, 2.24) is 0 Å². The molecule has 0 aliphatic heterocycles. The minimum atomic E-state index is -0.205. The van der Waals surface area contributed by atoms with Gasteiger partial charge in [0, 0.05) is 10.9 Å². The van der Waals surface area contributed by atoms with Crippen molar-refractivity contribution in [3.63, 3.8) is 0 Å². The lowest BCUT2D eigenvalue weighted by molar-refractivity contribution is 0.414. The Labute approximate surface area is 164 Å². The lowest BCUT2D eigenvalue weighted by Gasteiger charge is -2.20. The second kappa shape index (κ2) is 7.58. The van der Waals surface area contributed by atoms with E-state index in [1.165, 1.54) is 16.7 Å². The van der Waals surface area contributed by atoms with E-state index in [4.69, 9.17) is 16.3 Å². The van der Waals surface area contributed by atoms with Crippen LogP contribution in [0.3, 0.4) is 0 Å². The average Bonchev–Trinajstić information content (AvgIpc) is 3.14. The average molecular weight is 379 g/mol. The third-order valence-corrected chi connectivity index (χ3v) is 5.52. The number of rotatable bonds is 4. The number of hydrogen-bond donors (Lipinski definition) is 0. The molecule has 0 N–H and O–H groups in total. The van der Waals surface area contributed by atoms with Crippen molar-refractivity contribution in [2.75, 3.05) is 7.11 Å². The molecule has 1 nitrogen and oxygen atoms in total. The highest BCUT2D eigenvalue weighted by molar-refractivity contribution is 6.30. The van der Waals surface area contributed by atoms with Crippen LogP contribution in [0.1, 0.15) is 34.9 Å². The Hall–Kier alpha value is -2.58. The number of methoxy groups -OCH3 is 1. The number of halogens is 2. The summed E-state index contributed by atoms with van der Waals surface area (Å²) in [5.74, 6) is 1.14. The molecule has 0 saturated carbocycles. The second-order valence-electron chi connectivity index (χ2n) is 6.86. The SMILES string of the molecule is COc1ccc([C@H]2C=C(c3ccc(Cl)cc3)C[C@@H]2c2ccc(F)cc2)cc1. The normalized spacial score (nSPS) is 19.0. The maximum Gasteiger partial charge on any atom is 0.123 e. The first-order valence-electron chi connectivity index (χ1n) is 9.00. The van der Waals surface area contributed by atoms with Gasteiger partial charge in [-0.2, -0.15) is 0 Å². The van der Waals surface area contributed by atoms with Crippen LogP contribution in [0.4, 0.5) is 4.39 Å². The molecule has 2 atom stereocenters. The van der Waals surface area contributed by atoms with Crippen molar-refractivity contribution in [2.24, 2.45) is 0 Å². The van der Waals surface area contributed by atoms with E-state index in [1.807, 2.05) is 36.4 Å². The number of hydrogen-bond acceptors (Lipinski definition) is 1. The number of allylic oxidation sites excluding steroid dienone is 2. The van der Waals surface area contributed by atoms with Gasteiger partial charge in [-0.1, -0.05) is 54.1 Å². The molecule has 0 unspecified atom stereocenters. The Bertz CT molecular complexity index is 943. The predicted octanol–water partition coefficient (Wildman–Crippen LogP) is 6.84. The van der Waals surface area contributed by atoms with E-state index < -0.39 is 0 Å². The highest BCUT2D eigenvalue weighted by Crippen LogP contribution is 2.48. The second-order valence-corrected chi connectivity index (χ2v) is 7.30. The van der Waals surface area contributed by atoms with E-state index in [-0.39, 0.29) is 17.7 Å². The highest BCUT2D eigenvalue weighted by atomic mass is 35.5. The Morgan fingerprint density at radius 1 is 0.852 bits per heavy atom. The van der Waals surface area contributed by atoms with Gasteiger partial charge in [0.1, 0.15) is 11.6 Å². The van der Waals surface area contributed by atoms with Crippen molar-refractivity contribution < 1.29 is 9.13 Å². The lowest BCUT2D eigenvalue weighted by Crippen LogP contribution is -2.05. The van der Waals surface area contributed by atoms with Crippen molar-refractivity contribution in [1.29, 1.82) is 0 Å². The first kappa shape index (κ1) is 17.8. The summed E-state index contributed by atoms with van der Waals surface area (Å²) in [5.41, 5.74) is 4.86. The molecule has 0 fully saturated rings. The van der Waals surface area contributed by atoms with E-state index in [2.05, 4.69) is 30.3 Å². The first-order chi connectivity index (χ1) is 13.1. The zero-order valence-corrected chi connectivity index (χ0v) is 15.8. The van der Waals surface area contributed by atoms with Crippen LogP contribution in [0.5, 0.6) is 5.75 Å². The predicted molar refractivity (Wildman–Crippen MR) is 109 cm³/mol. The summed E-state index contributed by atoms with van der Waals surface area (Å²) < 4.78 is 18.7. The van der Waals surface area contributed by atoms with Crippen LogP contribution in [-0.2, 0) is 0 Å². The van der Waals surface area contributed by atoms with Gasteiger partial charge in [-0.25, -0.2) is 4.39 Å². The van der Waals surface area contributed by atoms with Crippen LogP contribution >= 0.6 is 11.6 Å². The maximum absolute atomic E-state index is 13.4. The Morgan fingerprint density at radius 2 is 1.48 bits per heavy atom. The standard InChI is InChI=1S/C24H20ClFO/c1-27-22-12-6-18(7-13-22)24-15-19(16-2-8-20(25)9-3-16)14-23(24)17-4-10-21(26)11-5-17/h2-13,15,23-24H,14H2,1H3/t23-,24-/m1/s1. The fourth-order valence-electron chi connectivity index (χ4n) is 3.83. The smallest absolute Gasteiger partial charge is 0.123 e. The van der Waals surface area contributed by atoms with Gasteiger partial charge in [-0.3, -0.25) is 0 Å². The topological polar surface area (TPSA) is 9.23 Å². The summed E-state index contributed by atoms with van der Waals surface area (Å²) >= 11 is 6.04. The lowest BCUT2D eigenvalue weighted by atomic mass is 9.83. The Kier molecular flexibility index (Phi) is 5.00. The summed E-state index contributed by atoms with van der Waals surface area (Å²) in [4.78, 5) is 0. The monoisotopic (exact) mass is 378 g/mol. The summed E-state index contributed by atoms with van der Waals surface area (Å²) in [5, 5.41) is 0.735. The van der Waals surface area contributed by atoms with Crippen LogP contribution in [0.15, 0.2) is 78.9 Å². The molecule has 3 heteroatoms. The molecule has 0 aromatic heterocycles. The zero-order valence-electron chi connectivity index (χ0n) is 15.0. The minimum Gasteiger partial charge on any atom is -0.497 e. The van der Waals surface area contributed by atoms with Crippen molar-refractivity contribution >= 4 is 17.2 Å². The molecule has 0 saturated heterocycles. The van der Waals surface area contributed by atoms with Gasteiger partial charge in [0.15, 0.2) is 0 Å². The molecule has 4 rings (SSSR count). The van der Waals surface area contributed by atoms with Gasteiger partial charge in [-0.05, 0) is 71.0 Å². The van der Waals surface area contributed by atoms with Crippen LogP contribution < -0.4 is 4.74 Å². The number of ether oxygens (including phenoxy) is 1. The number of benzene rings is 3. The summed E-state index contributed by atoms with van der Waals surface area (Å²) in [7, 11) is 1.67. The van der Waals surface area contributed by atoms with Gasteiger partial charge >= 0.3 is 0 Å². The fraction of sp³-hybridized carbons (Fsp3) is 0.167. The zero-order chi connectivity index (χ0) is 18.8. The minimum absolute atomic E-state index is 0.205. The Morgan fingerprint density at radius 3 is 2.11 bits per heavy atom. The van der Waals surface area contributed by atoms with Gasteiger partial charge in [-0.15, -0.1) is 0 Å². The molecule has 3 aromatic carbocycles. The van der Waals surface area contributed by atoms with Gasteiger partial charge in [0.2, 0.25) is 0 Å². The van der Waals surface area contributed by atoms with Crippen LogP contribution in [0.2, 0.25) is 5.02 Å². The molecule has 0 heterocycles. The Balaban J connectivity index is 1.72. The molecule has 1 aliphatic rings. The molecule has 136 valence electrons. The summed E-state index contributed by atoms with van der Waals surface area (Å²) in [6.07, 6.45) is 3.24. The molecule has 0 spiro atoms. The molecular formula is C24H20ClFO. The van der Waals surface area contributed by atoms with E-state index >= 15 is 0 Å². The van der Waals surface area contributed by atoms with Gasteiger partial charge < -0.3 is 4.74 Å². The fourth-order valence-corrected chi connectivity index (χ4v) is 3.96. The third kappa shape index (κ3) is 3.77. The quantitative estimate of drug-likeness (QED) is 0.482. The third-order valence-electron chi connectivity index (χ3n) is 5.27. The highest BCUT2D eigenvalue weighted by Gasteiger charge is 2.30. The van der Waals surface area contributed by atoms with Crippen LogP contribution in [-0.4, -0.2) is 7.11 Å². The van der Waals surface area contributed by atoms with E-state index in [0.717, 1.165) is 22.8 Å². The molecular weight excluding hydrogens is 359 g/mol. The van der Waals surface area contributed by atoms with E-state index in [9.17, 15) is 4.39 Å². The van der Waals surface area contributed by atoms with Crippen molar-refractivity contribution in [3.05, 3.63) is 106 Å². The molecule has 27 heavy (non-hydrogen) atoms. The van der Waals surface area contributed by atoms with Crippen LogP contribution in [0.25, 0.3) is 5.57 Å². The van der Waals surface area contributed by atoms with Gasteiger partial charge in [0.25, 0.3) is 0 Å². The van der Waals surface area contributed by atoms with Crippen LogP contribution in [0, 0.1) is 5.82 Å². The first-order valence-corrected chi connectivity index (χ1v) is 9.38. The molecule has 0 bridgehead atoms. The summed E-state index contributed by atoms with van der Waals surface area (Å²) in [6.45, 7) is 0. The summed E-state index contributed by atoms with van der Waals surface area (Å²) in [6, 6.07) is 23.1. The van der Waals surface area contributed by atoms with E-state index in [0.29, 0.717) is 0 Å². The van der Waals surface area contributed by atoms with Crippen molar-refractivity contribution in [3.8, 4) is 5.75 Å². The van der Waals surface area contributed by atoms with Gasteiger partial charge in [0.05, 0.1) is 7.11 Å².